The van der Waals surface area contributed by atoms with Gasteiger partial charge in [0.05, 0.1) is 0 Å². The molecule has 2 rings (SSSR count). The Morgan fingerprint density at radius 3 is 2.60 bits per heavy atom. The SMILES string of the molecule is NCCc1nonc1-c1ccc(O)cc1. The van der Waals surface area contributed by atoms with E-state index in [1.54, 1.807) is 24.3 Å². The largest absolute Gasteiger partial charge is 0.508 e. The predicted octanol–water partition coefficient (Wildman–Crippen LogP) is 0.943. The Kier molecular flexibility index (Phi) is 2.64. The molecule has 0 radical (unpaired) electrons. The summed E-state index contributed by atoms with van der Waals surface area (Å²) in [5.74, 6) is 0.218. The Labute approximate surface area is 86.5 Å². The summed E-state index contributed by atoms with van der Waals surface area (Å²) in [6.45, 7) is 0.499. The van der Waals surface area contributed by atoms with E-state index in [4.69, 9.17) is 10.8 Å². The van der Waals surface area contributed by atoms with Crippen LogP contribution in [0.15, 0.2) is 28.9 Å². The Morgan fingerprint density at radius 1 is 1.20 bits per heavy atom. The number of phenolic OH excluding ortho intramolecular Hbond substituents is 1. The molecule has 0 saturated heterocycles. The summed E-state index contributed by atoms with van der Waals surface area (Å²) in [6, 6.07) is 6.70. The zero-order valence-corrected chi connectivity index (χ0v) is 8.05. The number of nitrogens with zero attached hydrogens (tertiary/aromatic N) is 2. The van der Waals surface area contributed by atoms with Gasteiger partial charge in [-0.2, -0.15) is 0 Å². The number of aromatic nitrogens is 2. The van der Waals surface area contributed by atoms with Crippen molar-refractivity contribution in [2.24, 2.45) is 5.73 Å². The Hall–Kier alpha value is -1.88. The summed E-state index contributed by atoms with van der Waals surface area (Å²) in [7, 11) is 0. The second-order valence-electron chi connectivity index (χ2n) is 3.15. The fraction of sp³-hybridized carbons (Fsp3) is 0.200. The highest BCUT2D eigenvalue weighted by Crippen LogP contribution is 2.22. The first-order chi connectivity index (χ1) is 7.31. The summed E-state index contributed by atoms with van der Waals surface area (Å²) < 4.78 is 4.66. The number of rotatable bonds is 3. The number of benzene rings is 1. The van der Waals surface area contributed by atoms with Crippen LogP contribution < -0.4 is 5.73 Å². The fourth-order valence-electron chi connectivity index (χ4n) is 1.35. The molecule has 0 amide bonds. The normalized spacial score (nSPS) is 10.5. The van der Waals surface area contributed by atoms with Crippen molar-refractivity contribution in [2.45, 2.75) is 6.42 Å². The van der Waals surface area contributed by atoms with Gasteiger partial charge in [-0.1, -0.05) is 5.16 Å². The van der Waals surface area contributed by atoms with Crippen molar-refractivity contribution in [1.82, 2.24) is 10.3 Å². The number of nitrogens with two attached hydrogens (primary N) is 1. The highest BCUT2D eigenvalue weighted by molar-refractivity contribution is 5.61. The molecule has 0 atom stereocenters. The van der Waals surface area contributed by atoms with E-state index in [1.807, 2.05) is 0 Å². The van der Waals surface area contributed by atoms with Gasteiger partial charge in [0.15, 0.2) is 0 Å². The Morgan fingerprint density at radius 2 is 1.93 bits per heavy atom. The van der Waals surface area contributed by atoms with Crippen LogP contribution in [0.4, 0.5) is 0 Å². The zero-order valence-electron chi connectivity index (χ0n) is 8.05. The van der Waals surface area contributed by atoms with E-state index >= 15 is 0 Å². The molecule has 15 heavy (non-hydrogen) atoms. The van der Waals surface area contributed by atoms with Gasteiger partial charge in [-0.3, -0.25) is 0 Å². The first-order valence-corrected chi connectivity index (χ1v) is 4.62. The van der Waals surface area contributed by atoms with E-state index in [1.165, 1.54) is 0 Å². The molecule has 0 aliphatic carbocycles. The van der Waals surface area contributed by atoms with Crippen molar-refractivity contribution in [3.63, 3.8) is 0 Å². The van der Waals surface area contributed by atoms with Gasteiger partial charge in [-0.15, -0.1) is 0 Å². The maximum absolute atomic E-state index is 9.15. The standard InChI is InChI=1S/C10H11N3O2/c11-6-5-9-10(13-15-12-9)7-1-3-8(14)4-2-7/h1-4,14H,5-6,11H2. The lowest BCUT2D eigenvalue weighted by Crippen LogP contribution is -2.03. The molecule has 2 aromatic rings. The van der Waals surface area contributed by atoms with Gasteiger partial charge in [-0.25, -0.2) is 4.63 Å². The average Bonchev–Trinajstić information content (AvgIpc) is 2.68. The predicted molar refractivity (Wildman–Crippen MR) is 54.2 cm³/mol. The minimum atomic E-state index is 0.218. The van der Waals surface area contributed by atoms with Gasteiger partial charge < -0.3 is 10.8 Å². The maximum atomic E-state index is 9.15. The van der Waals surface area contributed by atoms with Crippen LogP contribution in [0.3, 0.4) is 0 Å². The van der Waals surface area contributed by atoms with E-state index in [0.717, 1.165) is 11.3 Å². The molecule has 1 aromatic heterocycles. The second-order valence-corrected chi connectivity index (χ2v) is 3.15. The van der Waals surface area contributed by atoms with Gasteiger partial charge in [0.1, 0.15) is 17.1 Å². The topological polar surface area (TPSA) is 85.2 Å². The fourth-order valence-corrected chi connectivity index (χ4v) is 1.35. The molecular weight excluding hydrogens is 194 g/mol. The molecule has 78 valence electrons. The van der Waals surface area contributed by atoms with E-state index < -0.39 is 0 Å². The van der Waals surface area contributed by atoms with Crippen molar-refractivity contribution in [3.05, 3.63) is 30.0 Å². The molecule has 1 aromatic carbocycles. The summed E-state index contributed by atoms with van der Waals surface area (Å²) in [5.41, 5.74) is 7.72. The molecule has 3 N–H and O–H groups in total. The summed E-state index contributed by atoms with van der Waals surface area (Å²) in [6.07, 6.45) is 0.625. The van der Waals surface area contributed by atoms with Gasteiger partial charge in [0.2, 0.25) is 0 Å². The highest BCUT2D eigenvalue weighted by atomic mass is 16.6. The molecular formula is C10H11N3O2. The van der Waals surface area contributed by atoms with Crippen LogP contribution >= 0.6 is 0 Å². The molecule has 0 fully saturated rings. The second kappa shape index (κ2) is 4.10. The Bertz CT molecular complexity index is 436. The molecule has 0 bridgehead atoms. The van der Waals surface area contributed by atoms with E-state index in [2.05, 4.69) is 14.9 Å². The molecule has 0 saturated carbocycles. The maximum Gasteiger partial charge on any atom is 0.138 e. The monoisotopic (exact) mass is 205 g/mol. The highest BCUT2D eigenvalue weighted by Gasteiger charge is 2.10. The summed E-state index contributed by atoms with van der Waals surface area (Å²) >= 11 is 0. The quantitative estimate of drug-likeness (QED) is 0.779. The van der Waals surface area contributed by atoms with E-state index in [0.29, 0.717) is 18.7 Å². The molecule has 0 unspecified atom stereocenters. The number of aromatic hydroxyl groups is 1. The van der Waals surface area contributed by atoms with Crippen LogP contribution in [0, 0.1) is 0 Å². The average molecular weight is 205 g/mol. The number of hydrogen-bond donors (Lipinski definition) is 2. The first kappa shape index (κ1) is 9.67. The minimum Gasteiger partial charge on any atom is -0.508 e. The molecule has 1 heterocycles. The number of hydrogen-bond acceptors (Lipinski definition) is 5. The van der Waals surface area contributed by atoms with Crippen LogP contribution in [0.5, 0.6) is 5.75 Å². The number of phenols is 1. The molecule has 5 heteroatoms. The van der Waals surface area contributed by atoms with E-state index in [9.17, 15) is 0 Å². The molecule has 5 nitrogen and oxygen atoms in total. The third kappa shape index (κ3) is 1.97. The Balaban J connectivity index is 2.36. The van der Waals surface area contributed by atoms with Crippen LogP contribution in [0.25, 0.3) is 11.3 Å². The third-order valence-corrected chi connectivity index (χ3v) is 2.08. The minimum absolute atomic E-state index is 0.218. The van der Waals surface area contributed by atoms with Crippen molar-refractivity contribution in [1.29, 1.82) is 0 Å². The third-order valence-electron chi connectivity index (χ3n) is 2.08. The summed E-state index contributed by atoms with van der Waals surface area (Å²) in [5, 5.41) is 16.7. The van der Waals surface area contributed by atoms with Crippen molar-refractivity contribution < 1.29 is 9.74 Å². The zero-order chi connectivity index (χ0) is 10.7. The van der Waals surface area contributed by atoms with Crippen LogP contribution in [-0.2, 0) is 6.42 Å². The lowest BCUT2D eigenvalue weighted by Gasteiger charge is -1.98. The van der Waals surface area contributed by atoms with Crippen molar-refractivity contribution >= 4 is 0 Å². The first-order valence-electron chi connectivity index (χ1n) is 4.62. The van der Waals surface area contributed by atoms with Crippen LogP contribution in [0.1, 0.15) is 5.69 Å². The van der Waals surface area contributed by atoms with Crippen molar-refractivity contribution in [2.75, 3.05) is 6.54 Å². The van der Waals surface area contributed by atoms with Gasteiger partial charge in [-0.05, 0) is 36.0 Å². The molecule has 0 aliphatic heterocycles. The molecule has 0 aliphatic rings. The lowest BCUT2D eigenvalue weighted by atomic mass is 10.1. The molecule has 0 spiro atoms. The van der Waals surface area contributed by atoms with Gasteiger partial charge >= 0.3 is 0 Å². The van der Waals surface area contributed by atoms with E-state index in [-0.39, 0.29) is 5.75 Å². The summed E-state index contributed by atoms with van der Waals surface area (Å²) in [4.78, 5) is 0. The smallest absolute Gasteiger partial charge is 0.138 e. The van der Waals surface area contributed by atoms with Crippen LogP contribution in [-0.4, -0.2) is 22.0 Å². The van der Waals surface area contributed by atoms with Crippen LogP contribution in [0.2, 0.25) is 0 Å². The van der Waals surface area contributed by atoms with Gasteiger partial charge in [0.25, 0.3) is 0 Å². The van der Waals surface area contributed by atoms with Gasteiger partial charge in [0, 0.05) is 12.0 Å². The lowest BCUT2D eigenvalue weighted by molar-refractivity contribution is 0.304. The van der Waals surface area contributed by atoms with Crippen molar-refractivity contribution in [3.8, 4) is 17.0 Å².